The van der Waals surface area contributed by atoms with Crippen LogP contribution in [0.3, 0.4) is 0 Å². The van der Waals surface area contributed by atoms with Crippen LogP contribution >= 0.6 is 0 Å². The van der Waals surface area contributed by atoms with Gasteiger partial charge in [-0.3, -0.25) is 9.59 Å². The number of hydrazine groups is 1. The molecule has 0 aromatic heterocycles. The SMILES string of the molecule is COc1ccc(C2CC(=O)N(C(=O)O)N2C)cc1OC1CCCC1.NCCCN1CCCC1=O. The molecule has 10 nitrogen and oxygen atoms in total. The van der Waals surface area contributed by atoms with E-state index in [0.29, 0.717) is 24.0 Å². The molecule has 0 bridgehead atoms. The van der Waals surface area contributed by atoms with Crippen LogP contribution < -0.4 is 15.2 Å². The van der Waals surface area contributed by atoms with Gasteiger partial charge in [0.15, 0.2) is 11.5 Å². The number of carboxylic acid groups (broad SMARTS) is 1. The number of rotatable bonds is 7. The highest BCUT2D eigenvalue weighted by molar-refractivity contribution is 5.92. The molecule has 4 rings (SSSR count). The van der Waals surface area contributed by atoms with E-state index < -0.39 is 12.0 Å². The van der Waals surface area contributed by atoms with Crippen molar-refractivity contribution in [2.24, 2.45) is 5.73 Å². The third-order valence-electron chi connectivity index (χ3n) is 6.52. The quantitative estimate of drug-likeness (QED) is 0.615. The number of nitrogens with zero attached hydrogens (tertiary/aromatic N) is 3. The molecule has 3 aliphatic rings. The van der Waals surface area contributed by atoms with Crippen molar-refractivity contribution in [3.8, 4) is 11.5 Å². The van der Waals surface area contributed by atoms with Crippen LogP contribution in [0, 0.1) is 0 Å². The Hall–Kier alpha value is -2.85. The molecule has 1 saturated carbocycles. The van der Waals surface area contributed by atoms with E-state index in [9.17, 15) is 14.4 Å². The first-order valence-electron chi connectivity index (χ1n) is 12.0. The van der Waals surface area contributed by atoms with E-state index in [1.165, 1.54) is 17.9 Å². The van der Waals surface area contributed by atoms with Gasteiger partial charge in [0.25, 0.3) is 0 Å². The zero-order valence-corrected chi connectivity index (χ0v) is 20.1. The number of hydrogen-bond acceptors (Lipinski definition) is 7. The van der Waals surface area contributed by atoms with Gasteiger partial charge in [-0.2, -0.15) is 5.01 Å². The highest BCUT2D eigenvalue weighted by Gasteiger charge is 2.40. The molecule has 3 N–H and O–H groups in total. The molecule has 3 amide bonds. The number of hydrogen-bond donors (Lipinski definition) is 2. The van der Waals surface area contributed by atoms with Gasteiger partial charge in [-0.05, 0) is 62.8 Å². The molecule has 1 aromatic rings. The fourth-order valence-corrected chi connectivity index (χ4v) is 4.68. The van der Waals surface area contributed by atoms with E-state index in [1.54, 1.807) is 20.2 Å². The summed E-state index contributed by atoms with van der Waals surface area (Å²) in [7, 11) is 3.19. The zero-order valence-electron chi connectivity index (χ0n) is 20.1. The number of nitrogens with two attached hydrogens (primary N) is 1. The van der Waals surface area contributed by atoms with Crippen molar-refractivity contribution in [2.45, 2.75) is 63.5 Å². The van der Waals surface area contributed by atoms with Crippen molar-refractivity contribution in [1.29, 1.82) is 0 Å². The molecule has 1 aromatic carbocycles. The van der Waals surface area contributed by atoms with Gasteiger partial charge >= 0.3 is 6.09 Å². The number of carbonyl (C=O) groups is 3. The van der Waals surface area contributed by atoms with Crippen molar-refractivity contribution in [3.05, 3.63) is 23.8 Å². The second-order valence-electron chi connectivity index (χ2n) is 8.84. The van der Waals surface area contributed by atoms with Crippen LogP contribution in [0.25, 0.3) is 0 Å². The lowest BCUT2D eigenvalue weighted by atomic mass is 10.0. The molecule has 2 aliphatic heterocycles. The van der Waals surface area contributed by atoms with Gasteiger partial charge in [0, 0.05) is 26.6 Å². The molecule has 34 heavy (non-hydrogen) atoms. The smallest absolute Gasteiger partial charge is 0.429 e. The van der Waals surface area contributed by atoms with Crippen LogP contribution in [0.15, 0.2) is 18.2 Å². The number of imide groups is 1. The summed E-state index contributed by atoms with van der Waals surface area (Å²) in [4.78, 5) is 36.0. The van der Waals surface area contributed by atoms with Crippen LogP contribution in [-0.4, -0.2) is 77.8 Å². The third kappa shape index (κ3) is 6.18. The molecule has 2 heterocycles. The van der Waals surface area contributed by atoms with Gasteiger partial charge in [-0.25, -0.2) is 9.80 Å². The van der Waals surface area contributed by atoms with E-state index in [0.717, 1.165) is 55.8 Å². The Bertz CT molecular complexity index is 873. The molecule has 10 heteroatoms. The Morgan fingerprint density at radius 1 is 1.15 bits per heavy atom. The number of methoxy groups -OCH3 is 1. The van der Waals surface area contributed by atoms with Gasteiger partial charge in [0.2, 0.25) is 11.8 Å². The van der Waals surface area contributed by atoms with Crippen molar-refractivity contribution >= 4 is 17.9 Å². The first kappa shape index (κ1) is 25.8. The molecule has 0 radical (unpaired) electrons. The largest absolute Gasteiger partial charge is 0.493 e. The molecule has 1 atom stereocenters. The van der Waals surface area contributed by atoms with E-state index >= 15 is 0 Å². The Labute approximate surface area is 200 Å². The maximum absolute atomic E-state index is 11.9. The molecule has 0 spiro atoms. The fourth-order valence-electron chi connectivity index (χ4n) is 4.68. The fraction of sp³-hybridized carbons (Fsp3) is 0.625. The van der Waals surface area contributed by atoms with Crippen molar-refractivity contribution < 1.29 is 29.0 Å². The van der Waals surface area contributed by atoms with E-state index in [1.807, 2.05) is 17.0 Å². The van der Waals surface area contributed by atoms with Gasteiger partial charge in [-0.1, -0.05) is 6.07 Å². The predicted octanol–water partition coefficient (Wildman–Crippen LogP) is 2.77. The molecule has 2 saturated heterocycles. The number of ether oxygens (including phenoxy) is 2. The Kier molecular flexibility index (Phi) is 9.12. The summed E-state index contributed by atoms with van der Waals surface area (Å²) in [5.74, 6) is 1.17. The summed E-state index contributed by atoms with van der Waals surface area (Å²) < 4.78 is 11.4. The lowest BCUT2D eigenvalue weighted by Crippen LogP contribution is -2.40. The number of carbonyl (C=O) groups excluding carboxylic acids is 2. The van der Waals surface area contributed by atoms with Crippen LogP contribution in [0.4, 0.5) is 4.79 Å². The summed E-state index contributed by atoms with van der Waals surface area (Å²) >= 11 is 0. The summed E-state index contributed by atoms with van der Waals surface area (Å²) in [6, 6.07) is 5.18. The highest BCUT2D eigenvalue weighted by atomic mass is 16.5. The van der Waals surface area contributed by atoms with E-state index in [-0.39, 0.29) is 18.6 Å². The Morgan fingerprint density at radius 3 is 2.44 bits per heavy atom. The van der Waals surface area contributed by atoms with E-state index in [2.05, 4.69) is 0 Å². The lowest BCUT2D eigenvalue weighted by molar-refractivity contribution is -0.133. The van der Waals surface area contributed by atoms with Gasteiger partial charge < -0.3 is 25.2 Å². The maximum Gasteiger partial charge on any atom is 0.429 e. The predicted molar refractivity (Wildman–Crippen MR) is 125 cm³/mol. The molecular weight excluding hydrogens is 440 g/mol. The van der Waals surface area contributed by atoms with Crippen molar-refractivity contribution in [2.75, 3.05) is 33.8 Å². The standard InChI is InChI=1S/C17H22N2O5.C7H14N2O/c1-18-13(10-16(20)19(18)17(21)22)11-7-8-14(23-2)15(9-11)24-12-5-3-4-6-12;8-4-2-6-9-5-1-3-7(9)10/h7-9,12-13H,3-6,10H2,1-2H3,(H,21,22);1-6,8H2. The normalized spacial score (nSPS) is 21.1. The highest BCUT2D eigenvalue weighted by Crippen LogP contribution is 2.38. The lowest BCUT2D eigenvalue weighted by Gasteiger charge is -2.25. The summed E-state index contributed by atoms with van der Waals surface area (Å²) in [6.07, 6.45) is 6.15. The first-order chi connectivity index (χ1) is 16.3. The minimum atomic E-state index is -1.26. The Morgan fingerprint density at radius 2 is 1.88 bits per heavy atom. The molecule has 188 valence electrons. The molecule has 1 aliphatic carbocycles. The van der Waals surface area contributed by atoms with Crippen molar-refractivity contribution in [3.63, 3.8) is 0 Å². The summed E-state index contributed by atoms with van der Waals surface area (Å²) in [5, 5.41) is 11.4. The first-order valence-corrected chi connectivity index (χ1v) is 12.0. The second-order valence-corrected chi connectivity index (χ2v) is 8.84. The topological polar surface area (TPSA) is 126 Å². The summed E-state index contributed by atoms with van der Waals surface area (Å²) in [5.41, 5.74) is 6.15. The monoisotopic (exact) mass is 476 g/mol. The average molecular weight is 477 g/mol. The van der Waals surface area contributed by atoms with Gasteiger partial charge in [-0.15, -0.1) is 0 Å². The third-order valence-corrected chi connectivity index (χ3v) is 6.52. The van der Waals surface area contributed by atoms with Gasteiger partial charge in [0.1, 0.15) is 0 Å². The number of likely N-dealkylation sites (tertiary alicyclic amines) is 1. The minimum Gasteiger partial charge on any atom is -0.493 e. The minimum absolute atomic E-state index is 0.123. The molecular formula is C24H36N4O6. The summed E-state index contributed by atoms with van der Waals surface area (Å²) in [6.45, 7) is 2.48. The van der Waals surface area contributed by atoms with Crippen LogP contribution in [0.5, 0.6) is 11.5 Å². The van der Waals surface area contributed by atoms with E-state index in [4.69, 9.17) is 20.3 Å². The van der Waals surface area contributed by atoms with Crippen LogP contribution in [0.1, 0.15) is 63.0 Å². The zero-order chi connectivity index (χ0) is 24.7. The molecule has 3 fully saturated rings. The number of benzene rings is 1. The van der Waals surface area contributed by atoms with Gasteiger partial charge in [0.05, 0.1) is 25.7 Å². The maximum atomic E-state index is 11.9. The molecule has 1 unspecified atom stereocenters. The second kappa shape index (κ2) is 12.0. The number of amides is 3. The van der Waals surface area contributed by atoms with Crippen molar-refractivity contribution in [1.82, 2.24) is 14.9 Å². The van der Waals surface area contributed by atoms with Crippen LogP contribution in [0.2, 0.25) is 0 Å². The average Bonchev–Trinajstić information content (AvgIpc) is 3.54. The Balaban J connectivity index is 0.000000271. The van der Waals surface area contributed by atoms with Crippen LogP contribution in [-0.2, 0) is 9.59 Å².